The Hall–Kier alpha value is -5.53. The highest BCUT2D eigenvalue weighted by Crippen LogP contribution is 2.38. The SMILES string of the molecule is CCn1ccc2cc(-n3c(-c4cc(C(C)C)c(O)cc4OC(=O)c4ncn5c(=O)n(C)nnc45)n[nH]c3=O)ccc21. The summed E-state index contributed by atoms with van der Waals surface area (Å²) in [5, 5.41) is 26.0. The fourth-order valence-electron chi connectivity index (χ4n) is 4.80. The molecule has 0 fully saturated rings. The Labute approximate surface area is 231 Å². The third-order valence-corrected chi connectivity index (χ3v) is 6.91. The molecule has 0 saturated carbocycles. The number of H-pyrrole nitrogens is 1. The van der Waals surface area contributed by atoms with Crippen LogP contribution in [0.4, 0.5) is 0 Å². The van der Waals surface area contributed by atoms with Gasteiger partial charge in [-0.05, 0) is 48.7 Å². The lowest BCUT2D eigenvalue weighted by Crippen LogP contribution is -2.27. The number of hydrogen-bond donors (Lipinski definition) is 2. The summed E-state index contributed by atoms with van der Waals surface area (Å²) >= 11 is 0. The van der Waals surface area contributed by atoms with Crippen LogP contribution in [0.3, 0.4) is 0 Å². The molecule has 4 aromatic heterocycles. The summed E-state index contributed by atoms with van der Waals surface area (Å²) in [6.45, 7) is 6.63. The maximum atomic E-state index is 13.3. The Morgan fingerprint density at radius 2 is 1.95 bits per heavy atom. The summed E-state index contributed by atoms with van der Waals surface area (Å²) in [6.07, 6.45) is 3.12. The molecule has 0 bridgehead atoms. The Balaban J connectivity index is 1.49. The van der Waals surface area contributed by atoms with Gasteiger partial charge in [0.2, 0.25) is 0 Å². The number of carbonyl (C=O) groups is 1. The predicted octanol–water partition coefficient (Wildman–Crippen LogP) is 2.39. The minimum absolute atomic E-state index is 0.0756. The zero-order valence-electron chi connectivity index (χ0n) is 22.6. The minimum Gasteiger partial charge on any atom is -0.508 e. The monoisotopic (exact) mass is 555 g/mol. The zero-order valence-corrected chi connectivity index (χ0v) is 22.6. The summed E-state index contributed by atoms with van der Waals surface area (Å²) in [7, 11) is 1.42. The van der Waals surface area contributed by atoms with Crippen LogP contribution in [0, 0.1) is 0 Å². The van der Waals surface area contributed by atoms with Gasteiger partial charge in [0.15, 0.2) is 17.2 Å². The van der Waals surface area contributed by atoms with E-state index in [0.717, 1.165) is 32.9 Å². The van der Waals surface area contributed by atoms with Crippen LogP contribution in [0.25, 0.3) is 33.6 Å². The molecule has 14 nitrogen and oxygen atoms in total. The molecule has 2 aromatic carbocycles. The summed E-state index contributed by atoms with van der Waals surface area (Å²) in [5.74, 6) is -1.07. The van der Waals surface area contributed by atoms with Crippen LogP contribution in [0.5, 0.6) is 11.5 Å². The fourth-order valence-corrected chi connectivity index (χ4v) is 4.80. The molecule has 0 aliphatic heterocycles. The molecule has 0 saturated heterocycles. The van der Waals surface area contributed by atoms with Gasteiger partial charge in [0, 0.05) is 36.8 Å². The van der Waals surface area contributed by atoms with Gasteiger partial charge in [-0.15, -0.1) is 5.10 Å². The van der Waals surface area contributed by atoms with E-state index in [1.807, 2.05) is 45.2 Å². The van der Waals surface area contributed by atoms with Crippen molar-refractivity contribution in [2.45, 2.75) is 33.2 Å². The normalized spacial score (nSPS) is 11.6. The fraction of sp³-hybridized carbons (Fsp3) is 0.222. The highest BCUT2D eigenvalue weighted by atomic mass is 16.5. The highest BCUT2D eigenvalue weighted by molar-refractivity contribution is 5.96. The Bertz CT molecular complexity index is 2090. The molecule has 0 spiro atoms. The summed E-state index contributed by atoms with van der Waals surface area (Å²) < 4.78 is 11.2. The van der Waals surface area contributed by atoms with Gasteiger partial charge >= 0.3 is 17.3 Å². The molecular weight excluding hydrogens is 530 g/mol. The van der Waals surface area contributed by atoms with Gasteiger partial charge in [0.1, 0.15) is 17.8 Å². The van der Waals surface area contributed by atoms with E-state index in [9.17, 15) is 19.5 Å². The third-order valence-electron chi connectivity index (χ3n) is 6.91. The number of phenolic OH excluding ortho intramolecular Hbond substituents is 1. The standard InChI is InChI=1S/C27H25N9O5/c1-5-34-9-8-15-10-16(6-7-19(15)34)36-23(29-31-26(36)39)18-11-17(14(2)3)20(37)12-21(18)41-25(38)22-24-30-32-33(4)27(40)35(24)13-28-22/h6-14,37H,5H2,1-4H3,(H,31,39). The second kappa shape index (κ2) is 9.59. The molecule has 0 radical (unpaired) electrons. The van der Waals surface area contributed by atoms with E-state index in [0.29, 0.717) is 11.3 Å². The van der Waals surface area contributed by atoms with E-state index in [1.165, 1.54) is 17.7 Å². The molecule has 0 aliphatic rings. The van der Waals surface area contributed by atoms with Crippen molar-refractivity contribution in [3.8, 4) is 28.6 Å². The number of phenols is 1. The molecule has 6 aromatic rings. The van der Waals surface area contributed by atoms with Gasteiger partial charge in [0.05, 0.1) is 11.3 Å². The molecule has 208 valence electrons. The lowest BCUT2D eigenvalue weighted by Gasteiger charge is -2.15. The number of aryl methyl sites for hydroxylation is 2. The maximum absolute atomic E-state index is 13.3. The number of benzene rings is 2. The Morgan fingerprint density at radius 3 is 2.71 bits per heavy atom. The van der Waals surface area contributed by atoms with Crippen molar-refractivity contribution in [2.75, 3.05) is 0 Å². The van der Waals surface area contributed by atoms with Crippen LogP contribution in [0.2, 0.25) is 0 Å². The smallest absolute Gasteiger partial charge is 0.366 e. The number of aromatic hydroxyl groups is 1. The lowest BCUT2D eigenvalue weighted by atomic mass is 9.98. The van der Waals surface area contributed by atoms with E-state index in [1.54, 1.807) is 12.1 Å². The Kier molecular flexibility index (Phi) is 6.02. The first-order valence-corrected chi connectivity index (χ1v) is 12.8. The van der Waals surface area contributed by atoms with Crippen molar-refractivity contribution in [1.29, 1.82) is 0 Å². The van der Waals surface area contributed by atoms with Crippen LogP contribution >= 0.6 is 0 Å². The lowest BCUT2D eigenvalue weighted by molar-refractivity contribution is 0.0731. The number of fused-ring (bicyclic) bond motifs is 2. The van der Waals surface area contributed by atoms with Crippen molar-refractivity contribution in [3.05, 3.63) is 81.1 Å². The molecule has 6 rings (SSSR count). The van der Waals surface area contributed by atoms with Gasteiger partial charge in [-0.3, -0.25) is 0 Å². The van der Waals surface area contributed by atoms with Crippen LogP contribution in [-0.2, 0) is 13.6 Å². The van der Waals surface area contributed by atoms with E-state index < -0.39 is 17.3 Å². The largest absolute Gasteiger partial charge is 0.508 e. The van der Waals surface area contributed by atoms with E-state index in [-0.39, 0.29) is 40.1 Å². The van der Waals surface area contributed by atoms with Crippen molar-refractivity contribution in [3.63, 3.8) is 0 Å². The van der Waals surface area contributed by atoms with Crippen LogP contribution < -0.4 is 16.1 Å². The number of nitrogens with one attached hydrogen (secondary N) is 1. The first-order valence-electron chi connectivity index (χ1n) is 12.8. The molecule has 4 heterocycles. The van der Waals surface area contributed by atoms with Crippen molar-refractivity contribution >= 4 is 22.5 Å². The van der Waals surface area contributed by atoms with Gasteiger partial charge in [0.25, 0.3) is 0 Å². The maximum Gasteiger partial charge on any atom is 0.366 e. The van der Waals surface area contributed by atoms with Gasteiger partial charge < -0.3 is 14.4 Å². The number of aromatic amines is 1. The molecule has 0 amide bonds. The number of aromatic nitrogens is 9. The second-order valence-electron chi connectivity index (χ2n) is 9.77. The molecule has 0 atom stereocenters. The van der Waals surface area contributed by atoms with Crippen LogP contribution in [-0.4, -0.2) is 54.8 Å². The Morgan fingerprint density at radius 1 is 1.15 bits per heavy atom. The summed E-state index contributed by atoms with van der Waals surface area (Å²) in [6, 6.07) is 10.5. The summed E-state index contributed by atoms with van der Waals surface area (Å²) in [4.78, 5) is 42.7. The van der Waals surface area contributed by atoms with Gasteiger partial charge in [-0.25, -0.2) is 33.4 Å². The molecule has 0 unspecified atom stereocenters. The first kappa shape index (κ1) is 25.7. The second-order valence-corrected chi connectivity index (χ2v) is 9.77. The number of nitrogens with zero attached hydrogens (tertiary/aromatic N) is 8. The zero-order chi connectivity index (χ0) is 29.0. The van der Waals surface area contributed by atoms with Crippen LogP contribution in [0.15, 0.2) is 58.5 Å². The highest BCUT2D eigenvalue weighted by Gasteiger charge is 2.25. The minimum atomic E-state index is -0.945. The number of ether oxygens (including phenoxy) is 1. The van der Waals surface area contributed by atoms with Crippen LogP contribution in [0.1, 0.15) is 42.7 Å². The average Bonchev–Trinajstić information content (AvgIpc) is 3.67. The van der Waals surface area contributed by atoms with Crippen molar-refractivity contribution in [2.24, 2.45) is 7.05 Å². The van der Waals surface area contributed by atoms with Gasteiger partial charge in [-0.2, -0.15) is 9.78 Å². The van der Waals surface area contributed by atoms with Gasteiger partial charge in [-0.1, -0.05) is 19.1 Å². The molecule has 14 heteroatoms. The van der Waals surface area contributed by atoms with E-state index in [2.05, 4.69) is 30.1 Å². The van der Waals surface area contributed by atoms with E-state index in [4.69, 9.17) is 4.74 Å². The number of carbonyl (C=O) groups excluding carboxylic acids is 1. The molecule has 41 heavy (non-hydrogen) atoms. The topological polar surface area (TPSA) is 167 Å². The van der Waals surface area contributed by atoms with Crippen molar-refractivity contribution < 1.29 is 14.6 Å². The summed E-state index contributed by atoms with van der Waals surface area (Å²) in [5.41, 5.74) is 0.994. The number of hydrogen-bond acceptors (Lipinski definition) is 9. The first-order chi connectivity index (χ1) is 19.7. The quantitative estimate of drug-likeness (QED) is 0.232. The number of rotatable bonds is 6. The van der Waals surface area contributed by atoms with Crippen molar-refractivity contribution in [1.82, 2.24) is 43.7 Å². The number of imidazole rings is 1. The average molecular weight is 556 g/mol. The predicted molar refractivity (Wildman–Crippen MR) is 148 cm³/mol. The van der Waals surface area contributed by atoms with E-state index >= 15 is 0 Å². The molecular formula is C27H25N9O5. The molecule has 2 N–H and O–H groups in total. The molecule has 0 aliphatic carbocycles. The third kappa shape index (κ3) is 4.16. The number of esters is 1.